The van der Waals surface area contributed by atoms with Crippen molar-refractivity contribution in [2.45, 2.75) is 19.4 Å². The summed E-state index contributed by atoms with van der Waals surface area (Å²) in [6, 6.07) is 3.00. The standard InChI is InChI=1S/C14H15N3O4/c1-8(11-5-10(18)2-3-13(11)19)17-12(14(20)21)4-9-6-15-7-16-9/h2-3,5-7,12,18-19H,4H2,1H3,(H,15,16)(H,20,21). The van der Waals surface area contributed by atoms with Gasteiger partial charge in [0, 0.05) is 29.6 Å². The van der Waals surface area contributed by atoms with Crippen LogP contribution in [0.25, 0.3) is 0 Å². The molecule has 110 valence electrons. The maximum atomic E-state index is 11.3. The van der Waals surface area contributed by atoms with E-state index in [4.69, 9.17) is 0 Å². The van der Waals surface area contributed by atoms with E-state index in [1.165, 1.54) is 30.7 Å². The first kappa shape index (κ1) is 14.6. The Morgan fingerprint density at radius 1 is 1.43 bits per heavy atom. The summed E-state index contributed by atoms with van der Waals surface area (Å²) in [6.45, 7) is 1.58. The smallest absolute Gasteiger partial charge is 0.328 e. The quantitative estimate of drug-likeness (QED) is 0.489. The molecule has 0 saturated carbocycles. The number of phenolic OH excluding ortho intramolecular Hbond substituents is 2. The third kappa shape index (κ3) is 3.59. The number of carboxylic acid groups (broad SMARTS) is 1. The number of aromatic amines is 1. The van der Waals surface area contributed by atoms with Crippen molar-refractivity contribution in [2.24, 2.45) is 4.99 Å². The number of carbonyl (C=O) groups is 1. The second-order valence-corrected chi connectivity index (χ2v) is 4.55. The topological polar surface area (TPSA) is 119 Å². The number of phenols is 2. The van der Waals surface area contributed by atoms with E-state index in [-0.39, 0.29) is 17.9 Å². The predicted octanol–water partition coefficient (Wildman–Crippen LogP) is 1.33. The molecule has 7 nitrogen and oxygen atoms in total. The van der Waals surface area contributed by atoms with E-state index in [2.05, 4.69) is 15.0 Å². The Hall–Kier alpha value is -2.83. The summed E-state index contributed by atoms with van der Waals surface area (Å²) >= 11 is 0. The number of H-pyrrole nitrogens is 1. The number of aromatic nitrogens is 2. The van der Waals surface area contributed by atoms with E-state index in [9.17, 15) is 20.1 Å². The van der Waals surface area contributed by atoms with Crippen molar-refractivity contribution < 1.29 is 20.1 Å². The molecule has 1 atom stereocenters. The van der Waals surface area contributed by atoms with Crippen LogP contribution in [0.4, 0.5) is 0 Å². The monoisotopic (exact) mass is 289 g/mol. The van der Waals surface area contributed by atoms with Crippen molar-refractivity contribution in [3.05, 3.63) is 42.0 Å². The van der Waals surface area contributed by atoms with Gasteiger partial charge in [0.05, 0.1) is 6.33 Å². The zero-order chi connectivity index (χ0) is 15.4. The largest absolute Gasteiger partial charge is 0.508 e. The molecule has 0 aliphatic heterocycles. The average Bonchev–Trinajstić information content (AvgIpc) is 2.93. The van der Waals surface area contributed by atoms with E-state index in [0.29, 0.717) is 17.0 Å². The van der Waals surface area contributed by atoms with Crippen LogP contribution in [-0.4, -0.2) is 43.0 Å². The van der Waals surface area contributed by atoms with Gasteiger partial charge in [0.25, 0.3) is 0 Å². The molecular weight excluding hydrogens is 274 g/mol. The van der Waals surface area contributed by atoms with E-state index in [1.54, 1.807) is 6.92 Å². The molecule has 1 unspecified atom stereocenters. The number of rotatable bonds is 5. The normalized spacial score (nSPS) is 13.1. The number of carboxylic acids is 1. The van der Waals surface area contributed by atoms with Gasteiger partial charge in [0.1, 0.15) is 11.5 Å². The van der Waals surface area contributed by atoms with Gasteiger partial charge in [-0.15, -0.1) is 0 Å². The Kier molecular flexibility index (Phi) is 4.22. The van der Waals surface area contributed by atoms with Gasteiger partial charge in [-0.05, 0) is 25.1 Å². The molecule has 2 rings (SSSR count). The number of aliphatic carboxylic acids is 1. The lowest BCUT2D eigenvalue weighted by atomic mass is 10.1. The lowest BCUT2D eigenvalue weighted by Gasteiger charge is -2.10. The Balaban J connectivity index is 2.28. The van der Waals surface area contributed by atoms with Crippen molar-refractivity contribution in [3.8, 4) is 11.5 Å². The van der Waals surface area contributed by atoms with E-state index in [0.717, 1.165) is 0 Å². The SMILES string of the molecule is CC(=NC(Cc1cnc[nH]1)C(=O)O)c1cc(O)ccc1O. The van der Waals surface area contributed by atoms with E-state index >= 15 is 0 Å². The molecular formula is C14H15N3O4. The van der Waals surface area contributed by atoms with Crippen LogP contribution in [0.1, 0.15) is 18.2 Å². The molecule has 7 heteroatoms. The van der Waals surface area contributed by atoms with Gasteiger partial charge in [-0.2, -0.15) is 0 Å². The molecule has 0 aliphatic rings. The lowest BCUT2D eigenvalue weighted by Crippen LogP contribution is -2.22. The van der Waals surface area contributed by atoms with Crippen LogP contribution in [-0.2, 0) is 11.2 Å². The molecule has 0 amide bonds. The van der Waals surface area contributed by atoms with Gasteiger partial charge in [0.2, 0.25) is 0 Å². The minimum Gasteiger partial charge on any atom is -0.508 e. The van der Waals surface area contributed by atoms with Gasteiger partial charge in [0.15, 0.2) is 6.04 Å². The van der Waals surface area contributed by atoms with Crippen LogP contribution < -0.4 is 0 Å². The highest BCUT2D eigenvalue weighted by atomic mass is 16.4. The Morgan fingerprint density at radius 2 is 2.19 bits per heavy atom. The van der Waals surface area contributed by atoms with Crippen molar-refractivity contribution in [1.82, 2.24) is 9.97 Å². The van der Waals surface area contributed by atoms with Crippen molar-refractivity contribution in [3.63, 3.8) is 0 Å². The minimum atomic E-state index is -1.08. The van der Waals surface area contributed by atoms with Gasteiger partial charge in [-0.1, -0.05) is 0 Å². The summed E-state index contributed by atoms with van der Waals surface area (Å²) in [5, 5.41) is 28.4. The number of nitrogens with one attached hydrogen (secondary N) is 1. The fourth-order valence-electron chi connectivity index (χ4n) is 1.91. The summed E-state index contributed by atoms with van der Waals surface area (Å²) in [5.41, 5.74) is 1.28. The van der Waals surface area contributed by atoms with Crippen LogP contribution in [0.3, 0.4) is 0 Å². The van der Waals surface area contributed by atoms with E-state index < -0.39 is 12.0 Å². The van der Waals surface area contributed by atoms with Crippen LogP contribution in [0.15, 0.2) is 35.7 Å². The number of aromatic hydroxyl groups is 2. The van der Waals surface area contributed by atoms with Crippen molar-refractivity contribution >= 4 is 11.7 Å². The second kappa shape index (κ2) is 6.08. The summed E-state index contributed by atoms with van der Waals surface area (Å²) < 4.78 is 0. The Bertz CT molecular complexity index is 665. The maximum absolute atomic E-state index is 11.3. The number of hydrogen-bond acceptors (Lipinski definition) is 5. The predicted molar refractivity (Wildman–Crippen MR) is 75.7 cm³/mol. The number of benzene rings is 1. The van der Waals surface area contributed by atoms with Gasteiger partial charge in [-0.25, -0.2) is 9.78 Å². The number of nitrogens with zero attached hydrogens (tertiary/aromatic N) is 2. The zero-order valence-corrected chi connectivity index (χ0v) is 11.3. The maximum Gasteiger partial charge on any atom is 0.328 e. The summed E-state index contributed by atoms with van der Waals surface area (Å²) in [4.78, 5) is 22.1. The molecule has 0 bridgehead atoms. The summed E-state index contributed by atoms with van der Waals surface area (Å²) in [5.74, 6) is -1.18. The molecule has 0 fully saturated rings. The van der Waals surface area contributed by atoms with Crippen molar-refractivity contribution in [1.29, 1.82) is 0 Å². The van der Waals surface area contributed by atoms with E-state index in [1.807, 2.05) is 0 Å². The lowest BCUT2D eigenvalue weighted by molar-refractivity contribution is -0.138. The fraction of sp³-hybridized carbons (Fsp3) is 0.214. The van der Waals surface area contributed by atoms with Crippen LogP contribution >= 0.6 is 0 Å². The second-order valence-electron chi connectivity index (χ2n) is 4.55. The molecule has 21 heavy (non-hydrogen) atoms. The first-order chi connectivity index (χ1) is 9.97. The minimum absolute atomic E-state index is 0.0298. The van der Waals surface area contributed by atoms with Gasteiger partial charge in [-0.3, -0.25) is 4.99 Å². The third-order valence-electron chi connectivity index (χ3n) is 2.97. The fourth-order valence-corrected chi connectivity index (χ4v) is 1.91. The highest BCUT2D eigenvalue weighted by Crippen LogP contribution is 2.23. The van der Waals surface area contributed by atoms with Crippen LogP contribution in [0.2, 0.25) is 0 Å². The number of hydrogen-bond donors (Lipinski definition) is 4. The molecule has 1 aromatic heterocycles. The van der Waals surface area contributed by atoms with Gasteiger partial charge < -0.3 is 20.3 Å². The third-order valence-corrected chi connectivity index (χ3v) is 2.97. The molecule has 4 N–H and O–H groups in total. The van der Waals surface area contributed by atoms with Crippen LogP contribution in [0.5, 0.6) is 11.5 Å². The molecule has 0 spiro atoms. The summed E-state index contributed by atoms with van der Waals surface area (Å²) in [6.07, 6.45) is 3.16. The Morgan fingerprint density at radius 3 is 2.81 bits per heavy atom. The zero-order valence-electron chi connectivity index (χ0n) is 11.3. The first-order valence-corrected chi connectivity index (χ1v) is 6.24. The number of imidazole rings is 1. The van der Waals surface area contributed by atoms with Crippen LogP contribution in [0, 0.1) is 0 Å². The van der Waals surface area contributed by atoms with Crippen molar-refractivity contribution in [2.75, 3.05) is 0 Å². The molecule has 1 aromatic carbocycles. The molecule has 0 radical (unpaired) electrons. The molecule has 1 heterocycles. The Labute approximate surface area is 120 Å². The molecule has 2 aromatic rings. The highest BCUT2D eigenvalue weighted by molar-refractivity contribution is 6.02. The van der Waals surface area contributed by atoms with Gasteiger partial charge >= 0.3 is 5.97 Å². The molecule has 0 saturated heterocycles. The average molecular weight is 289 g/mol. The highest BCUT2D eigenvalue weighted by Gasteiger charge is 2.19. The molecule has 0 aliphatic carbocycles. The number of aliphatic imine (C=N–C) groups is 1. The first-order valence-electron chi connectivity index (χ1n) is 6.24. The summed E-state index contributed by atoms with van der Waals surface area (Å²) in [7, 11) is 0.